The molecule has 0 aromatic carbocycles. The number of likely N-dealkylation sites (tertiary alicyclic amines) is 1. The molecule has 2 aromatic heterocycles. The Morgan fingerprint density at radius 2 is 2.22 bits per heavy atom. The standard InChI is InChI=1S/C18H23N3O2/c1-12(2)14-5-7-21-17(8-14)19-9-16(18(21)23)11-20-6-4-15(10-20)13(3)22/h5,7-9,12,15H,4,6,10-11H2,1-3H3. The number of pyridine rings is 1. The predicted molar refractivity (Wildman–Crippen MR) is 89.6 cm³/mol. The molecule has 0 bridgehead atoms. The zero-order chi connectivity index (χ0) is 16.6. The Morgan fingerprint density at radius 1 is 1.43 bits per heavy atom. The summed E-state index contributed by atoms with van der Waals surface area (Å²) in [5.74, 6) is 0.756. The van der Waals surface area contributed by atoms with Crippen molar-refractivity contribution >= 4 is 11.4 Å². The summed E-state index contributed by atoms with van der Waals surface area (Å²) in [6, 6.07) is 3.95. The zero-order valence-corrected chi connectivity index (χ0v) is 14.0. The lowest BCUT2D eigenvalue weighted by Crippen LogP contribution is -2.28. The number of aromatic nitrogens is 2. The van der Waals surface area contributed by atoms with Gasteiger partial charge in [0.25, 0.3) is 5.56 Å². The van der Waals surface area contributed by atoms with Gasteiger partial charge in [-0.3, -0.25) is 18.9 Å². The minimum Gasteiger partial charge on any atom is -0.300 e. The van der Waals surface area contributed by atoms with Gasteiger partial charge in [-0.2, -0.15) is 0 Å². The molecule has 1 saturated heterocycles. The molecule has 3 rings (SSSR count). The number of ketones is 1. The molecule has 0 spiro atoms. The fourth-order valence-electron chi connectivity index (χ4n) is 3.15. The summed E-state index contributed by atoms with van der Waals surface area (Å²) in [6.07, 6.45) is 4.38. The summed E-state index contributed by atoms with van der Waals surface area (Å²) in [5.41, 5.74) is 2.53. The highest BCUT2D eigenvalue weighted by Crippen LogP contribution is 2.19. The fraction of sp³-hybridized carbons (Fsp3) is 0.500. The van der Waals surface area contributed by atoms with Gasteiger partial charge in [0.15, 0.2) is 0 Å². The van der Waals surface area contributed by atoms with Crippen molar-refractivity contribution in [2.45, 2.75) is 39.7 Å². The van der Waals surface area contributed by atoms with Crippen LogP contribution in [0.15, 0.2) is 29.3 Å². The smallest absolute Gasteiger partial charge is 0.262 e. The SMILES string of the molecule is CC(=O)C1CCN(Cc2cnc3cc(C(C)C)ccn3c2=O)C1. The first-order chi connectivity index (χ1) is 11.0. The van der Waals surface area contributed by atoms with Gasteiger partial charge >= 0.3 is 0 Å². The second-order valence-electron chi connectivity index (χ2n) is 6.76. The Hall–Kier alpha value is -2.01. The molecule has 0 amide bonds. The fourth-order valence-corrected chi connectivity index (χ4v) is 3.15. The number of carbonyl (C=O) groups excluding carboxylic acids is 1. The second-order valence-corrected chi connectivity index (χ2v) is 6.76. The Bertz CT molecular complexity index is 794. The van der Waals surface area contributed by atoms with Crippen LogP contribution in [0.2, 0.25) is 0 Å². The lowest BCUT2D eigenvalue weighted by atomic mass is 10.1. The van der Waals surface area contributed by atoms with E-state index in [2.05, 4.69) is 23.7 Å². The van der Waals surface area contributed by atoms with E-state index in [1.165, 1.54) is 5.56 Å². The van der Waals surface area contributed by atoms with Crippen LogP contribution in [0.3, 0.4) is 0 Å². The maximum Gasteiger partial charge on any atom is 0.262 e. The summed E-state index contributed by atoms with van der Waals surface area (Å²) in [5, 5.41) is 0. The Kier molecular flexibility index (Phi) is 4.31. The molecule has 23 heavy (non-hydrogen) atoms. The van der Waals surface area contributed by atoms with E-state index < -0.39 is 0 Å². The monoisotopic (exact) mass is 313 g/mol. The second kappa shape index (κ2) is 6.24. The van der Waals surface area contributed by atoms with E-state index in [9.17, 15) is 9.59 Å². The largest absolute Gasteiger partial charge is 0.300 e. The van der Waals surface area contributed by atoms with Gasteiger partial charge in [0.2, 0.25) is 0 Å². The van der Waals surface area contributed by atoms with Crippen LogP contribution in [-0.2, 0) is 11.3 Å². The number of hydrogen-bond donors (Lipinski definition) is 0. The minimum absolute atomic E-state index is 0.0171. The number of Topliss-reactive ketones (excluding diaryl/α,β-unsaturated/α-hetero) is 1. The zero-order valence-electron chi connectivity index (χ0n) is 14.0. The van der Waals surface area contributed by atoms with Crippen LogP contribution < -0.4 is 5.56 Å². The maximum absolute atomic E-state index is 12.6. The van der Waals surface area contributed by atoms with Crippen LogP contribution >= 0.6 is 0 Å². The van der Waals surface area contributed by atoms with Gasteiger partial charge in [-0.05, 0) is 43.5 Å². The van der Waals surface area contributed by atoms with Gasteiger partial charge in [0, 0.05) is 31.4 Å². The van der Waals surface area contributed by atoms with Crippen molar-refractivity contribution in [3.05, 3.63) is 46.0 Å². The molecule has 5 heteroatoms. The summed E-state index contributed by atoms with van der Waals surface area (Å²) in [6.45, 7) is 8.05. The molecule has 2 aromatic rings. The number of fused-ring (bicyclic) bond motifs is 1. The molecule has 1 aliphatic rings. The van der Waals surface area contributed by atoms with Crippen LogP contribution in [0.4, 0.5) is 0 Å². The first-order valence-electron chi connectivity index (χ1n) is 8.18. The molecular formula is C18H23N3O2. The third-order valence-corrected chi connectivity index (χ3v) is 4.71. The van der Waals surface area contributed by atoms with Crippen LogP contribution in [0.5, 0.6) is 0 Å². The van der Waals surface area contributed by atoms with Crippen molar-refractivity contribution in [3.63, 3.8) is 0 Å². The van der Waals surface area contributed by atoms with Crippen molar-refractivity contribution < 1.29 is 4.79 Å². The van der Waals surface area contributed by atoms with Crippen molar-refractivity contribution in [2.75, 3.05) is 13.1 Å². The average molecular weight is 313 g/mol. The van der Waals surface area contributed by atoms with Crippen molar-refractivity contribution in [1.29, 1.82) is 0 Å². The van der Waals surface area contributed by atoms with Gasteiger partial charge in [-0.25, -0.2) is 4.98 Å². The van der Waals surface area contributed by atoms with Gasteiger partial charge in [-0.15, -0.1) is 0 Å². The van der Waals surface area contributed by atoms with Gasteiger partial charge < -0.3 is 0 Å². The van der Waals surface area contributed by atoms with E-state index in [1.807, 2.05) is 18.3 Å². The molecule has 1 unspecified atom stereocenters. The quantitative estimate of drug-likeness (QED) is 0.868. The number of rotatable bonds is 4. The van der Waals surface area contributed by atoms with E-state index in [1.54, 1.807) is 17.5 Å². The van der Waals surface area contributed by atoms with Crippen LogP contribution in [-0.4, -0.2) is 33.2 Å². The van der Waals surface area contributed by atoms with E-state index in [0.29, 0.717) is 23.7 Å². The third kappa shape index (κ3) is 3.20. The maximum atomic E-state index is 12.6. The Morgan fingerprint density at radius 3 is 2.87 bits per heavy atom. The molecule has 1 aliphatic heterocycles. The van der Waals surface area contributed by atoms with Gasteiger partial charge in [0.05, 0.1) is 5.56 Å². The topological polar surface area (TPSA) is 54.7 Å². The lowest BCUT2D eigenvalue weighted by Gasteiger charge is -2.15. The molecule has 122 valence electrons. The third-order valence-electron chi connectivity index (χ3n) is 4.71. The molecule has 0 saturated carbocycles. The number of hydrogen-bond acceptors (Lipinski definition) is 4. The first-order valence-corrected chi connectivity index (χ1v) is 8.18. The van der Waals surface area contributed by atoms with Crippen molar-refractivity contribution in [3.8, 4) is 0 Å². The lowest BCUT2D eigenvalue weighted by molar-refractivity contribution is -0.120. The molecule has 1 fully saturated rings. The van der Waals surface area contributed by atoms with Crippen LogP contribution in [0.1, 0.15) is 44.2 Å². The number of carbonyl (C=O) groups is 1. The number of nitrogens with zero attached hydrogens (tertiary/aromatic N) is 3. The van der Waals surface area contributed by atoms with Crippen LogP contribution in [0, 0.1) is 5.92 Å². The Balaban J connectivity index is 1.85. The molecular weight excluding hydrogens is 290 g/mol. The highest BCUT2D eigenvalue weighted by molar-refractivity contribution is 5.78. The molecule has 3 heterocycles. The molecule has 0 N–H and O–H groups in total. The average Bonchev–Trinajstić information content (AvgIpc) is 2.98. The molecule has 1 atom stereocenters. The molecule has 5 nitrogen and oxygen atoms in total. The highest BCUT2D eigenvalue weighted by Gasteiger charge is 2.26. The predicted octanol–water partition coefficient (Wildman–Crippen LogP) is 2.23. The minimum atomic E-state index is -0.0171. The summed E-state index contributed by atoms with van der Waals surface area (Å²) in [7, 11) is 0. The van der Waals surface area contributed by atoms with Gasteiger partial charge in [0.1, 0.15) is 11.4 Å². The van der Waals surface area contributed by atoms with Crippen molar-refractivity contribution in [2.24, 2.45) is 5.92 Å². The summed E-state index contributed by atoms with van der Waals surface area (Å²) in [4.78, 5) is 30.7. The molecule has 0 aliphatic carbocycles. The normalized spacial score (nSPS) is 18.9. The van der Waals surface area contributed by atoms with E-state index >= 15 is 0 Å². The van der Waals surface area contributed by atoms with Crippen molar-refractivity contribution in [1.82, 2.24) is 14.3 Å². The van der Waals surface area contributed by atoms with E-state index in [0.717, 1.165) is 19.5 Å². The molecule has 0 radical (unpaired) electrons. The summed E-state index contributed by atoms with van der Waals surface area (Å²) < 4.78 is 1.61. The highest BCUT2D eigenvalue weighted by atomic mass is 16.1. The van der Waals surface area contributed by atoms with Gasteiger partial charge in [-0.1, -0.05) is 13.8 Å². The first kappa shape index (κ1) is 15.9. The summed E-state index contributed by atoms with van der Waals surface area (Å²) >= 11 is 0. The Labute approximate surface area is 136 Å². The van der Waals surface area contributed by atoms with Crippen LogP contribution in [0.25, 0.3) is 5.65 Å². The van der Waals surface area contributed by atoms with E-state index in [4.69, 9.17) is 0 Å². The van der Waals surface area contributed by atoms with E-state index in [-0.39, 0.29) is 17.3 Å².